The predicted molar refractivity (Wildman–Crippen MR) is 208 cm³/mol. The van der Waals surface area contributed by atoms with E-state index in [1.165, 1.54) is 19.8 Å². The largest absolute Gasteiger partial charge is 0.394 e. The van der Waals surface area contributed by atoms with Gasteiger partial charge < -0.3 is 78.7 Å². The molecule has 26 atom stereocenters. The van der Waals surface area contributed by atoms with Crippen molar-refractivity contribution in [1.29, 1.82) is 0 Å². The summed E-state index contributed by atoms with van der Waals surface area (Å²) < 4.78 is 50.3. The lowest BCUT2D eigenvalue weighted by molar-refractivity contribution is -0.391. The van der Waals surface area contributed by atoms with Gasteiger partial charge in [0.15, 0.2) is 24.7 Å². The Hall–Kier alpha value is -0.640. The van der Waals surface area contributed by atoms with Crippen LogP contribution in [-0.2, 0) is 37.9 Å². The summed E-state index contributed by atoms with van der Waals surface area (Å²) in [5, 5.41) is 85.2. The zero-order chi connectivity index (χ0) is 42.6. The molecule has 0 aromatic rings. The van der Waals surface area contributed by atoms with Gasteiger partial charge in [0.2, 0.25) is 0 Å². The van der Waals surface area contributed by atoms with E-state index in [0.29, 0.717) is 41.4 Å². The Bertz CT molecular complexity index is 1500. The van der Waals surface area contributed by atoms with Crippen LogP contribution in [0.2, 0.25) is 0 Å². The van der Waals surface area contributed by atoms with Gasteiger partial charge in [0.05, 0.1) is 38.1 Å². The first-order valence-corrected chi connectivity index (χ1v) is 23.1. The Morgan fingerprint density at radius 2 is 1.37 bits per heavy atom. The number of fused-ring (bicyclic) bond motifs is 7. The molecule has 5 aliphatic heterocycles. The van der Waals surface area contributed by atoms with Gasteiger partial charge in [-0.05, 0) is 111 Å². The van der Waals surface area contributed by atoms with E-state index < -0.39 is 98.4 Å². The maximum Gasteiger partial charge on any atom is 0.187 e. The molecule has 60 heavy (non-hydrogen) atoms. The Morgan fingerprint density at radius 1 is 0.633 bits per heavy atom. The smallest absolute Gasteiger partial charge is 0.187 e. The second-order valence-corrected chi connectivity index (χ2v) is 21.1. The summed E-state index contributed by atoms with van der Waals surface area (Å²) in [5.41, 5.74) is 0.340. The Balaban J connectivity index is 0.913. The van der Waals surface area contributed by atoms with Crippen LogP contribution in [0.3, 0.4) is 0 Å². The number of rotatable bonds is 7. The van der Waals surface area contributed by atoms with Crippen molar-refractivity contribution in [3.63, 3.8) is 0 Å². The molecule has 0 aromatic heterocycles. The molecular formula is C44H72O16. The molecule has 16 nitrogen and oxygen atoms in total. The number of hydrogen-bond acceptors (Lipinski definition) is 16. The average Bonchev–Trinajstić information content (AvgIpc) is 3.68. The van der Waals surface area contributed by atoms with Crippen molar-refractivity contribution >= 4 is 0 Å². The van der Waals surface area contributed by atoms with E-state index in [9.17, 15) is 40.9 Å². The number of ether oxygens (including phenoxy) is 8. The third-order valence-electron chi connectivity index (χ3n) is 17.9. The molecule has 9 rings (SSSR count). The zero-order valence-electron chi connectivity index (χ0n) is 35.8. The summed E-state index contributed by atoms with van der Waals surface area (Å²) >= 11 is 0. The summed E-state index contributed by atoms with van der Waals surface area (Å²) in [5.74, 6) is 3.25. The fraction of sp³-hybridized carbons (Fsp3) is 1.00. The van der Waals surface area contributed by atoms with Crippen molar-refractivity contribution in [2.45, 2.75) is 203 Å². The first kappa shape index (κ1) is 44.6. The monoisotopic (exact) mass is 856 g/mol. The topological polar surface area (TPSA) is 236 Å². The lowest BCUT2D eigenvalue weighted by Gasteiger charge is -2.61. The highest BCUT2D eigenvalue weighted by Gasteiger charge is 2.69. The maximum absolute atomic E-state index is 11.5. The van der Waals surface area contributed by atoms with Gasteiger partial charge in [-0.15, -0.1) is 0 Å². The molecule has 0 aromatic carbocycles. The SMILES string of the molecule is C[C@@H]1CC[C@@]2(OC1)OC1CC3C4CC[C@H]5C[C@@H](O[C@@H]6O[C@H](CO)[C@H](O)[C@H](O[C@@H]7OC[C@@H](O)[C@H](O)[C@H]7O)[C@H]6O[C@@H]6O[C@@H](C)[C@H](O)[C@@H](O)[C@H]6O)CC[C@]5(C)C4CC[C@]3(C)C1[C@@H]2C. The molecule has 0 radical (unpaired) electrons. The summed E-state index contributed by atoms with van der Waals surface area (Å²) in [7, 11) is 0. The molecule has 5 unspecified atom stereocenters. The van der Waals surface area contributed by atoms with Gasteiger partial charge in [0.25, 0.3) is 0 Å². The van der Waals surface area contributed by atoms with Crippen LogP contribution in [0.15, 0.2) is 0 Å². The van der Waals surface area contributed by atoms with E-state index in [1.54, 1.807) is 0 Å². The van der Waals surface area contributed by atoms with Crippen molar-refractivity contribution in [2.24, 2.45) is 52.3 Å². The lowest BCUT2D eigenvalue weighted by Crippen LogP contribution is -2.66. The molecule has 5 heterocycles. The van der Waals surface area contributed by atoms with Crippen LogP contribution >= 0.6 is 0 Å². The highest BCUT2D eigenvalue weighted by molar-refractivity contribution is 5.15. The van der Waals surface area contributed by atoms with E-state index in [1.807, 2.05) is 0 Å². The van der Waals surface area contributed by atoms with Crippen molar-refractivity contribution in [3.8, 4) is 0 Å². The molecule has 0 bridgehead atoms. The predicted octanol–water partition coefficient (Wildman–Crippen LogP) is 0.933. The molecule has 9 aliphatic rings. The quantitative estimate of drug-likeness (QED) is 0.166. The first-order chi connectivity index (χ1) is 28.5. The van der Waals surface area contributed by atoms with Crippen LogP contribution in [0, 0.1) is 52.3 Å². The highest BCUT2D eigenvalue weighted by Crippen LogP contribution is 2.71. The Kier molecular flexibility index (Phi) is 12.4. The lowest BCUT2D eigenvalue weighted by atomic mass is 9.44. The van der Waals surface area contributed by atoms with Gasteiger partial charge in [-0.2, -0.15) is 0 Å². The van der Waals surface area contributed by atoms with Crippen molar-refractivity contribution in [1.82, 2.24) is 0 Å². The van der Waals surface area contributed by atoms with Crippen LogP contribution < -0.4 is 0 Å². The first-order valence-electron chi connectivity index (χ1n) is 23.1. The minimum absolute atomic E-state index is 0.115. The third-order valence-corrected chi connectivity index (χ3v) is 17.9. The zero-order valence-corrected chi connectivity index (χ0v) is 35.8. The summed E-state index contributed by atoms with van der Waals surface area (Å²) in [4.78, 5) is 0. The van der Waals surface area contributed by atoms with Gasteiger partial charge in [0, 0.05) is 12.3 Å². The van der Waals surface area contributed by atoms with E-state index in [4.69, 9.17) is 37.9 Å². The van der Waals surface area contributed by atoms with Crippen LogP contribution in [0.25, 0.3) is 0 Å². The van der Waals surface area contributed by atoms with Crippen molar-refractivity contribution in [2.75, 3.05) is 19.8 Å². The number of aliphatic hydroxyl groups is 8. The van der Waals surface area contributed by atoms with Gasteiger partial charge in [0.1, 0.15) is 61.0 Å². The summed E-state index contributed by atoms with van der Waals surface area (Å²) in [6.45, 7) is 11.0. The molecular weight excluding hydrogens is 784 g/mol. The number of aliphatic hydroxyl groups excluding tert-OH is 8. The molecule has 5 saturated heterocycles. The van der Waals surface area contributed by atoms with Gasteiger partial charge >= 0.3 is 0 Å². The summed E-state index contributed by atoms with van der Waals surface area (Å²) in [6, 6.07) is 0. The van der Waals surface area contributed by atoms with Crippen LogP contribution in [0.4, 0.5) is 0 Å². The molecule has 1 spiro atoms. The van der Waals surface area contributed by atoms with Gasteiger partial charge in [-0.25, -0.2) is 0 Å². The second kappa shape index (κ2) is 16.7. The fourth-order valence-corrected chi connectivity index (χ4v) is 14.3. The normalized spacial score (nSPS) is 59.2. The molecule has 8 N–H and O–H groups in total. The van der Waals surface area contributed by atoms with E-state index in [2.05, 4.69) is 27.7 Å². The fourth-order valence-electron chi connectivity index (χ4n) is 14.3. The second-order valence-electron chi connectivity index (χ2n) is 21.1. The number of hydrogen-bond donors (Lipinski definition) is 8. The van der Waals surface area contributed by atoms with E-state index in [0.717, 1.165) is 58.0 Å². The molecule has 4 aliphatic carbocycles. The molecule has 344 valence electrons. The molecule has 9 fully saturated rings. The highest BCUT2D eigenvalue weighted by atomic mass is 16.8. The Morgan fingerprint density at radius 3 is 2.10 bits per heavy atom. The van der Waals surface area contributed by atoms with Crippen LogP contribution in [-0.4, -0.2) is 165 Å². The average molecular weight is 857 g/mol. The van der Waals surface area contributed by atoms with E-state index in [-0.39, 0.29) is 29.6 Å². The van der Waals surface area contributed by atoms with Crippen LogP contribution in [0.5, 0.6) is 0 Å². The molecule has 0 amide bonds. The van der Waals surface area contributed by atoms with Crippen molar-refractivity contribution in [3.05, 3.63) is 0 Å². The minimum atomic E-state index is -1.71. The van der Waals surface area contributed by atoms with Crippen LogP contribution in [0.1, 0.15) is 98.8 Å². The van der Waals surface area contributed by atoms with Crippen molar-refractivity contribution < 1.29 is 78.7 Å². The third kappa shape index (κ3) is 7.27. The Labute approximate surface area is 353 Å². The molecule has 4 saturated carbocycles. The maximum atomic E-state index is 11.5. The minimum Gasteiger partial charge on any atom is -0.394 e. The van der Waals surface area contributed by atoms with Gasteiger partial charge in [-0.3, -0.25) is 0 Å². The van der Waals surface area contributed by atoms with Gasteiger partial charge in [-0.1, -0.05) is 27.7 Å². The standard InChI is InChI=1S/C44H72O16/c1-19-8-13-44(54-17-19)20(2)30-28(60-44)15-26-24-7-6-22-14-23(9-11-42(22,4)25(24)10-12-43(26,30)5)56-41-38(59-40-36(52)34(50)31(47)21(3)55-40)37(33(49)29(16-45)57-41)58-39-35(51)32(48)27(46)18-53-39/h19-41,45-52H,6-18H2,1-5H3/t19-,20+,21+,22+,23+,24?,25?,26?,27-,28?,29-,30?,31+,32+,33+,34-,35-,36-,37+,38-,39+,40+,41-,42+,43+,44-/m1/s1. The summed E-state index contributed by atoms with van der Waals surface area (Å²) in [6.07, 6.45) is -10.1. The van der Waals surface area contributed by atoms with E-state index >= 15 is 0 Å². The molecule has 16 heteroatoms.